The highest BCUT2D eigenvalue weighted by Gasteiger charge is 2.12. The summed E-state index contributed by atoms with van der Waals surface area (Å²) in [6.07, 6.45) is 1.55. The van der Waals surface area contributed by atoms with Crippen molar-refractivity contribution in [3.05, 3.63) is 45.9 Å². The van der Waals surface area contributed by atoms with E-state index in [0.717, 1.165) is 11.3 Å². The summed E-state index contributed by atoms with van der Waals surface area (Å²) >= 11 is 0.937. The lowest BCUT2D eigenvalue weighted by atomic mass is 10.3. The number of carbonyl (C=O) groups is 2. The number of carboxylic acids is 1. The van der Waals surface area contributed by atoms with Crippen molar-refractivity contribution in [3.8, 4) is 0 Å². The van der Waals surface area contributed by atoms with Crippen LogP contribution in [0.2, 0.25) is 0 Å². The average molecular weight is 263 g/mol. The maximum absolute atomic E-state index is 11.7. The number of carbonyl (C=O) groups excluding carboxylic acids is 1. The SMILES string of the molecule is O=C(O)c1ccc(C(=O)NCc2cccnn2)s1. The van der Waals surface area contributed by atoms with Gasteiger partial charge in [-0.05, 0) is 24.3 Å². The van der Waals surface area contributed by atoms with Crippen LogP contribution >= 0.6 is 11.3 Å². The largest absolute Gasteiger partial charge is 0.477 e. The standard InChI is InChI=1S/C11H9N3O3S/c15-10(8-3-4-9(18-8)11(16)17)12-6-7-2-1-5-13-14-7/h1-5H,6H2,(H,12,15)(H,16,17). The van der Waals surface area contributed by atoms with Crippen LogP contribution in [0.1, 0.15) is 25.0 Å². The van der Waals surface area contributed by atoms with Gasteiger partial charge in [0.1, 0.15) is 4.88 Å². The van der Waals surface area contributed by atoms with Gasteiger partial charge in [-0.2, -0.15) is 10.2 Å². The molecule has 6 nitrogen and oxygen atoms in total. The zero-order chi connectivity index (χ0) is 13.0. The average Bonchev–Trinajstić information content (AvgIpc) is 2.87. The van der Waals surface area contributed by atoms with Crippen LogP contribution in [0.25, 0.3) is 0 Å². The Morgan fingerprint density at radius 1 is 1.28 bits per heavy atom. The highest BCUT2D eigenvalue weighted by Crippen LogP contribution is 2.16. The molecule has 0 fully saturated rings. The van der Waals surface area contributed by atoms with Gasteiger partial charge in [-0.3, -0.25) is 4.79 Å². The molecule has 18 heavy (non-hydrogen) atoms. The van der Waals surface area contributed by atoms with Gasteiger partial charge in [0.25, 0.3) is 5.91 Å². The Morgan fingerprint density at radius 3 is 2.67 bits per heavy atom. The van der Waals surface area contributed by atoms with Crippen molar-refractivity contribution < 1.29 is 14.7 Å². The monoisotopic (exact) mass is 263 g/mol. The number of nitrogens with one attached hydrogen (secondary N) is 1. The number of hydrogen-bond acceptors (Lipinski definition) is 5. The smallest absolute Gasteiger partial charge is 0.345 e. The van der Waals surface area contributed by atoms with Crippen LogP contribution in [0.15, 0.2) is 30.5 Å². The zero-order valence-electron chi connectivity index (χ0n) is 9.16. The predicted octanol–water partition coefficient (Wildman–Crippen LogP) is 1.17. The van der Waals surface area contributed by atoms with E-state index in [-0.39, 0.29) is 17.3 Å². The Bertz CT molecular complexity index is 568. The molecule has 0 aromatic carbocycles. The number of carboxylic acid groups (broad SMARTS) is 1. The number of aromatic carboxylic acids is 1. The van der Waals surface area contributed by atoms with Crippen molar-refractivity contribution in [1.82, 2.24) is 15.5 Å². The van der Waals surface area contributed by atoms with Gasteiger partial charge in [0, 0.05) is 6.20 Å². The van der Waals surface area contributed by atoms with E-state index in [4.69, 9.17) is 5.11 Å². The number of thiophene rings is 1. The van der Waals surface area contributed by atoms with Gasteiger partial charge >= 0.3 is 5.97 Å². The summed E-state index contributed by atoms with van der Waals surface area (Å²) in [7, 11) is 0. The first-order valence-electron chi connectivity index (χ1n) is 5.05. The summed E-state index contributed by atoms with van der Waals surface area (Å²) in [5, 5.41) is 18.9. The van der Waals surface area contributed by atoms with Crippen molar-refractivity contribution in [1.29, 1.82) is 0 Å². The minimum atomic E-state index is -1.03. The van der Waals surface area contributed by atoms with Crippen LogP contribution in [0.5, 0.6) is 0 Å². The third-order valence-electron chi connectivity index (χ3n) is 2.10. The van der Waals surface area contributed by atoms with Crippen LogP contribution in [-0.4, -0.2) is 27.2 Å². The first-order chi connectivity index (χ1) is 8.66. The molecular formula is C11H9N3O3S. The lowest BCUT2D eigenvalue weighted by Crippen LogP contribution is -2.22. The van der Waals surface area contributed by atoms with Crippen molar-refractivity contribution in [2.24, 2.45) is 0 Å². The number of amides is 1. The zero-order valence-corrected chi connectivity index (χ0v) is 9.98. The van der Waals surface area contributed by atoms with Crippen molar-refractivity contribution in [2.75, 3.05) is 0 Å². The molecule has 0 unspecified atom stereocenters. The fourth-order valence-corrected chi connectivity index (χ4v) is 2.02. The number of hydrogen-bond donors (Lipinski definition) is 2. The predicted molar refractivity (Wildman–Crippen MR) is 64.5 cm³/mol. The van der Waals surface area contributed by atoms with Crippen LogP contribution in [-0.2, 0) is 6.54 Å². The molecule has 2 rings (SSSR count). The summed E-state index contributed by atoms with van der Waals surface area (Å²) in [6, 6.07) is 6.36. The number of rotatable bonds is 4. The molecule has 2 aromatic heterocycles. The third-order valence-corrected chi connectivity index (χ3v) is 3.17. The summed E-state index contributed by atoms with van der Waals surface area (Å²) in [4.78, 5) is 22.9. The van der Waals surface area contributed by atoms with Gasteiger partial charge in [0.2, 0.25) is 0 Å². The second-order valence-electron chi connectivity index (χ2n) is 3.37. The van der Waals surface area contributed by atoms with Gasteiger partial charge in [0.15, 0.2) is 0 Å². The van der Waals surface area contributed by atoms with Crippen LogP contribution in [0.3, 0.4) is 0 Å². The molecule has 0 aliphatic carbocycles. The topological polar surface area (TPSA) is 92.2 Å². The lowest BCUT2D eigenvalue weighted by molar-refractivity contribution is 0.0702. The Balaban J connectivity index is 1.97. The van der Waals surface area contributed by atoms with Crippen LogP contribution < -0.4 is 5.32 Å². The van der Waals surface area contributed by atoms with E-state index in [2.05, 4.69) is 15.5 Å². The molecule has 1 amide bonds. The van der Waals surface area contributed by atoms with Crippen molar-refractivity contribution in [2.45, 2.75) is 6.54 Å². The summed E-state index contributed by atoms with van der Waals surface area (Å²) in [5.41, 5.74) is 0.640. The van der Waals surface area contributed by atoms with Gasteiger partial charge in [-0.15, -0.1) is 11.3 Å². The highest BCUT2D eigenvalue weighted by molar-refractivity contribution is 7.15. The van der Waals surface area contributed by atoms with E-state index in [1.54, 1.807) is 18.3 Å². The first kappa shape index (κ1) is 12.2. The summed E-state index contributed by atoms with van der Waals surface area (Å²) < 4.78 is 0. The van der Waals surface area contributed by atoms with Gasteiger partial charge in [-0.25, -0.2) is 4.79 Å². The molecule has 0 atom stereocenters. The molecule has 92 valence electrons. The number of nitrogens with zero attached hydrogens (tertiary/aromatic N) is 2. The second kappa shape index (κ2) is 5.37. The van der Waals surface area contributed by atoms with Crippen molar-refractivity contribution in [3.63, 3.8) is 0 Å². The minimum Gasteiger partial charge on any atom is -0.477 e. The van der Waals surface area contributed by atoms with Gasteiger partial charge in [-0.1, -0.05) is 0 Å². The van der Waals surface area contributed by atoms with Crippen LogP contribution in [0.4, 0.5) is 0 Å². The molecule has 0 saturated heterocycles. The van der Waals surface area contributed by atoms with Crippen LogP contribution in [0, 0.1) is 0 Å². The Kier molecular flexibility index (Phi) is 3.63. The summed E-state index contributed by atoms with van der Waals surface area (Å²) in [5.74, 6) is -1.36. The Morgan fingerprint density at radius 2 is 2.06 bits per heavy atom. The quantitative estimate of drug-likeness (QED) is 0.863. The third kappa shape index (κ3) is 2.89. The molecule has 0 saturated carbocycles. The lowest BCUT2D eigenvalue weighted by Gasteiger charge is -2.01. The molecular weight excluding hydrogens is 254 g/mol. The minimum absolute atomic E-state index is 0.139. The normalized spacial score (nSPS) is 10.0. The van der Waals surface area contributed by atoms with E-state index >= 15 is 0 Å². The van der Waals surface area contributed by atoms with E-state index in [1.807, 2.05) is 0 Å². The Hall–Kier alpha value is -2.28. The molecule has 0 radical (unpaired) electrons. The highest BCUT2D eigenvalue weighted by atomic mass is 32.1. The molecule has 2 N–H and O–H groups in total. The Labute approximate surface area is 106 Å². The molecule has 0 spiro atoms. The molecule has 2 heterocycles. The molecule has 7 heteroatoms. The van der Waals surface area contributed by atoms with E-state index < -0.39 is 5.97 Å². The number of aromatic nitrogens is 2. The molecule has 0 aliphatic heterocycles. The molecule has 0 bridgehead atoms. The second-order valence-corrected chi connectivity index (χ2v) is 4.45. The van der Waals surface area contributed by atoms with E-state index in [9.17, 15) is 9.59 Å². The maximum Gasteiger partial charge on any atom is 0.345 e. The molecule has 2 aromatic rings. The fraction of sp³-hybridized carbons (Fsp3) is 0.0909. The van der Waals surface area contributed by atoms with Gasteiger partial charge in [0.05, 0.1) is 17.1 Å². The first-order valence-corrected chi connectivity index (χ1v) is 5.86. The van der Waals surface area contributed by atoms with E-state index in [1.165, 1.54) is 12.1 Å². The fourth-order valence-electron chi connectivity index (χ4n) is 1.26. The van der Waals surface area contributed by atoms with Gasteiger partial charge < -0.3 is 10.4 Å². The van der Waals surface area contributed by atoms with Crippen molar-refractivity contribution >= 4 is 23.2 Å². The maximum atomic E-state index is 11.7. The van der Waals surface area contributed by atoms with E-state index in [0.29, 0.717) is 10.6 Å². The summed E-state index contributed by atoms with van der Waals surface area (Å²) in [6.45, 7) is 0.257. The molecule has 0 aliphatic rings.